The smallest absolute Gasteiger partial charge is 0.163 e. The third-order valence-corrected chi connectivity index (χ3v) is 5.67. The maximum absolute atomic E-state index is 9.51. The zero-order valence-electron chi connectivity index (χ0n) is 19.1. The second-order valence-electron chi connectivity index (χ2n) is 8.97. The summed E-state index contributed by atoms with van der Waals surface area (Å²) in [6.45, 7) is 7.30. The Morgan fingerprint density at radius 1 is 0.857 bits per heavy atom. The first-order chi connectivity index (χ1) is 13.6. The topological polar surface area (TPSA) is 47.9 Å². The van der Waals surface area contributed by atoms with Gasteiger partial charge < -0.3 is 19.3 Å². The Labute approximate surface area is 174 Å². The predicted octanol–water partition coefficient (Wildman–Crippen LogP) is 6.39. The van der Waals surface area contributed by atoms with Crippen LogP contribution in [0.15, 0.2) is 0 Å². The highest BCUT2D eigenvalue weighted by Crippen LogP contribution is 2.23. The molecule has 0 aliphatic carbocycles. The van der Waals surface area contributed by atoms with E-state index in [0.717, 1.165) is 12.8 Å². The van der Waals surface area contributed by atoms with Crippen molar-refractivity contribution in [2.75, 3.05) is 19.8 Å². The van der Waals surface area contributed by atoms with Gasteiger partial charge in [0.15, 0.2) is 5.79 Å². The number of rotatable bonds is 19. The zero-order chi connectivity index (χ0) is 20.5. The normalized spacial score (nSPS) is 19.9. The minimum Gasteiger partial charge on any atom is -0.394 e. The van der Waals surface area contributed by atoms with Gasteiger partial charge in [-0.25, -0.2) is 0 Å². The first-order valence-corrected chi connectivity index (χ1v) is 12.1. The van der Waals surface area contributed by atoms with Crippen molar-refractivity contribution in [2.24, 2.45) is 0 Å². The van der Waals surface area contributed by atoms with Gasteiger partial charge in [0.1, 0.15) is 6.10 Å². The van der Waals surface area contributed by atoms with E-state index in [4.69, 9.17) is 14.2 Å². The van der Waals surface area contributed by atoms with Crippen LogP contribution in [-0.4, -0.2) is 42.9 Å². The molecule has 1 heterocycles. The monoisotopic (exact) mass is 400 g/mol. The molecule has 168 valence electrons. The zero-order valence-corrected chi connectivity index (χ0v) is 19.1. The standard InChI is InChI=1S/C24H48O4/c1-4-5-6-7-8-9-10-11-12-13-14-15-16-17-18-22(19-25)26-20-23-21-27-24(2,3)28-23/h22-23,25H,4-21H2,1-3H3. The lowest BCUT2D eigenvalue weighted by Crippen LogP contribution is -2.27. The maximum Gasteiger partial charge on any atom is 0.163 e. The molecule has 4 heteroatoms. The summed E-state index contributed by atoms with van der Waals surface area (Å²) in [6, 6.07) is 0. The van der Waals surface area contributed by atoms with Crippen molar-refractivity contribution in [2.45, 2.75) is 135 Å². The molecule has 0 saturated carbocycles. The SMILES string of the molecule is CCCCCCCCCCCCCCCCC(CO)OCC1COC(C)(C)O1. The van der Waals surface area contributed by atoms with E-state index in [1.807, 2.05) is 13.8 Å². The van der Waals surface area contributed by atoms with E-state index in [0.29, 0.717) is 13.2 Å². The van der Waals surface area contributed by atoms with Crippen LogP contribution < -0.4 is 0 Å². The van der Waals surface area contributed by atoms with Gasteiger partial charge in [0, 0.05) is 0 Å². The fourth-order valence-electron chi connectivity index (χ4n) is 3.88. The summed E-state index contributed by atoms with van der Waals surface area (Å²) in [7, 11) is 0. The van der Waals surface area contributed by atoms with Gasteiger partial charge in [-0.1, -0.05) is 96.8 Å². The van der Waals surface area contributed by atoms with Gasteiger partial charge in [-0.05, 0) is 20.3 Å². The van der Waals surface area contributed by atoms with Crippen molar-refractivity contribution in [1.82, 2.24) is 0 Å². The Morgan fingerprint density at radius 3 is 1.79 bits per heavy atom. The Bertz CT molecular complexity index is 345. The fourth-order valence-corrected chi connectivity index (χ4v) is 3.88. The fraction of sp³-hybridized carbons (Fsp3) is 1.00. The molecular formula is C24H48O4. The average molecular weight is 401 g/mol. The van der Waals surface area contributed by atoms with Gasteiger partial charge in [0.05, 0.1) is 25.9 Å². The van der Waals surface area contributed by atoms with Gasteiger partial charge in [-0.15, -0.1) is 0 Å². The summed E-state index contributed by atoms with van der Waals surface area (Å²) in [5.41, 5.74) is 0. The number of ether oxygens (including phenoxy) is 3. The Balaban J connectivity index is 1.84. The molecule has 0 amide bonds. The second kappa shape index (κ2) is 16.6. The molecule has 0 bridgehead atoms. The summed E-state index contributed by atoms with van der Waals surface area (Å²) < 4.78 is 17.1. The van der Waals surface area contributed by atoms with Gasteiger partial charge in [0.25, 0.3) is 0 Å². The number of hydrogen-bond donors (Lipinski definition) is 1. The molecule has 0 aromatic heterocycles. The Hall–Kier alpha value is -0.160. The summed E-state index contributed by atoms with van der Waals surface area (Å²) in [6.07, 6.45) is 20.0. The maximum atomic E-state index is 9.51. The first-order valence-electron chi connectivity index (χ1n) is 12.1. The molecule has 1 aliphatic heterocycles. The van der Waals surface area contributed by atoms with E-state index in [1.54, 1.807) is 0 Å². The predicted molar refractivity (Wildman–Crippen MR) is 117 cm³/mol. The number of aliphatic hydroxyl groups excluding tert-OH is 1. The number of unbranched alkanes of at least 4 members (excludes halogenated alkanes) is 13. The third-order valence-electron chi connectivity index (χ3n) is 5.67. The molecule has 1 aliphatic rings. The van der Waals surface area contributed by atoms with Crippen LogP contribution in [0.3, 0.4) is 0 Å². The van der Waals surface area contributed by atoms with Gasteiger partial charge in [-0.3, -0.25) is 0 Å². The molecule has 28 heavy (non-hydrogen) atoms. The lowest BCUT2D eigenvalue weighted by molar-refractivity contribution is -0.149. The molecule has 0 spiro atoms. The molecule has 2 atom stereocenters. The molecule has 0 aromatic carbocycles. The molecule has 1 N–H and O–H groups in total. The van der Waals surface area contributed by atoms with Gasteiger partial charge in [0.2, 0.25) is 0 Å². The van der Waals surface area contributed by atoms with Crippen molar-refractivity contribution in [3.05, 3.63) is 0 Å². The van der Waals surface area contributed by atoms with E-state index in [1.165, 1.54) is 83.5 Å². The second-order valence-corrected chi connectivity index (χ2v) is 8.97. The van der Waals surface area contributed by atoms with Crippen LogP contribution in [0.1, 0.15) is 117 Å². The van der Waals surface area contributed by atoms with Crippen molar-refractivity contribution < 1.29 is 19.3 Å². The Morgan fingerprint density at radius 2 is 1.36 bits per heavy atom. The van der Waals surface area contributed by atoms with Crippen LogP contribution >= 0.6 is 0 Å². The lowest BCUT2D eigenvalue weighted by atomic mass is 10.0. The van der Waals surface area contributed by atoms with Crippen LogP contribution in [0.4, 0.5) is 0 Å². The highest BCUT2D eigenvalue weighted by molar-refractivity contribution is 4.71. The number of hydrogen-bond acceptors (Lipinski definition) is 4. The van der Waals surface area contributed by atoms with Crippen molar-refractivity contribution >= 4 is 0 Å². The summed E-state index contributed by atoms with van der Waals surface area (Å²) in [4.78, 5) is 0. The highest BCUT2D eigenvalue weighted by atomic mass is 16.7. The van der Waals surface area contributed by atoms with Crippen molar-refractivity contribution in [3.8, 4) is 0 Å². The average Bonchev–Trinajstić information content (AvgIpc) is 3.03. The third kappa shape index (κ3) is 13.9. The summed E-state index contributed by atoms with van der Waals surface area (Å²) in [5, 5.41) is 9.51. The minimum absolute atomic E-state index is 0.0135. The summed E-state index contributed by atoms with van der Waals surface area (Å²) >= 11 is 0. The van der Waals surface area contributed by atoms with Gasteiger partial charge >= 0.3 is 0 Å². The molecule has 1 saturated heterocycles. The van der Waals surface area contributed by atoms with Crippen LogP contribution in [-0.2, 0) is 14.2 Å². The molecule has 2 unspecified atom stereocenters. The van der Waals surface area contributed by atoms with Crippen molar-refractivity contribution in [3.63, 3.8) is 0 Å². The van der Waals surface area contributed by atoms with E-state index in [-0.39, 0.29) is 18.8 Å². The molecule has 1 rings (SSSR count). The van der Waals surface area contributed by atoms with E-state index >= 15 is 0 Å². The van der Waals surface area contributed by atoms with E-state index in [2.05, 4.69) is 6.92 Å². The minimum atomic E-state index is -0.503. The molecule has 0 aromatic rings. The number of aliphatic hydroxyl groups is 1. The van der Waals surface area contributed by atoms with Gasteiger partial charge in [-0.2, -0.15) is 0 Å². The quantitative estimate of drug-likeness (QED) is 0.255. The molecule has 1 fully saturated rings. The highest BCUT2D eigenvalue weighted by Gasteiger charge is 2.33. The van der Waals surface area contributed by atoms with Crippen LogP contribution in [0.5, 0.6) is 0 Å². The first kappa shape index (κ1) is 25.9. The van der Waals surface area contributed by atoms with Crippen LogP contribution in [0.2, 0.25) is 0 Å². The summed E-state index contributed by atoms with van der Waals surface area (Å²) in [5.74, 6) is -0.503. The van der Waals surface area contributed by atoms with E-state index < -0.39 is 5.79 Å². The molecule has 0 radical (unpaired) electrons. The molecule has 4 nitrogen and oxygen atoms in total. The molecular weight excluding hydrogens is 352 g/mol. The van der Waals surface area contributed by atoms with E-state index in [9.17, 15) is 5.11 Å². The van der Waals surface area contributed by atoms with Crippen LogP contribution in [0, 0.1) is 0 Å². The largest absolute Gasteiger partial charge is 0.394 e. The van der Waals surface area contributed by atoms with Crippen LogP contribution in [0.25, 0.3) is 0 Å². The van der Waals surface area contributed by atoms with Crippen molar-refractivity contribution in [1.29, 1.82) is 0 Å². The Kier molecular flexibility index (Phi) is 15.4. The lowest BCUT2D eigenvalue weighted by Gasteiger charge is -2.19.